The first-order valence-corrected chi connectivity index (χ1v) is 40.7. The molecule has 628 valence electrons. The van der Waals surface area contributed by atoms with Crippen LogP contribution in [0.1, 0.15) is 75.3 Å². The summed E-state index contributed by atoms with van der Waals surface area (Å²) in [5.74, 6) is -11.0. The van der Waals surface area contributed by atoms with E-state index in [1.807, 2.05) is 12.1 Å². The highest BCUT2D eigenvalue weighted by Gasteiger charge is 2.82. The Morgan fingerprint density at radius 1 is 0.445 bits per heavy atom. The van der Waals surface area contributed by atoms with E-state index in [2.05, 4.69) is 68.1 Å². The van der Waals surface area contributed by atoms with Gasteiger partial charge in [0.05, 0.1) is 67.6 Å². The van der Waals surface area contributed by atoms with Crippen LogP contribution in [-0.2, 0) is 48.0 Å². The number of aliphatic carboxylic acids is 1. The number of hydrogen-bond donors (Lipinski definition) is 8. The van der Waals surface area contributed by atoms with Gasteiger partial charge in [0.15, 0.2) is 33.6 Å². The molecule has 9 aromatic rings. The average molecular weight is 1900 g/mol. The second kappa shape index (κ2) is 33.4. The Balaban J connectivity index is 0.000000140. The van der Waals surface area contributed by atoms with E-state index in [-0.39, 0.29) is 107 Å². The monoisotopic (exact) mass is 1890 g/mol. The van der Waals surface area contributed by atoms with Crippen LogP contribution in [0.2, 0.25) is 15.5 Å². The number of carboxylic acids is 1. The van der Waals surface area contributed by atoms with E-state index < -0.39 is 136 Å². The number of aliphatic hydroxyl groups is 6. The molecule has 0 radical (unpaired) electrons. The number of nitrogens with zero attached hydrogens (tertiary/aromatic N) is 5. The highest BCUT2D eigenvalue weighted by Crippen LogP contribution is 2.74. The lowest BCUT2D eigenvalue weighted by Crippen LogP contribution is -2.56. The number of pyridine rings is 3. The number of aromatic nitrogens is 3. The Hall–Kier alpha value is -8.41. The van der Waals surface area contributed by atoms with Gasteiger partial charge in [0.25, 0.3) is 0 Å². The molecule has 15 atom stereocenters. The van der Waals surface area contributed by atoms with E-state index in [4.69, 9.17) is 63.2 Å². The van der Waals surface area contributed by atoms with Gasteiger partial charge in [-0.1, -0.05) is 217 Å². The van der Waals surface area contributed by atoms with E-state index in [9.17, 15) is 76.5 Å². The number of nitrogens with one attached hydrogen (secondary N) is 1. The van der Waals surface area contributed by atoms with Gasteiger partial charge in [0.1, 0.15) is 51.0 Å². The summed E-state index contributed by atoms with van der Waals surface area (Å²) < 4.78 is 114. The fourth-order valence-electron chi connectivity index (χ4n) is 18.8. The van der Waals surface area contributed by atoms with Gasteiger partial charge in [0.2, 0.25) is 48.7 Å². The Bertz CT molecular complexity index is 5060. The van der Waals surface area contributed by atoms with Crippen molar-refractivity contribution in [3.63, 3.8) is 0 Å². The van der Waals surface area contributed by atoms with Crippen molar-refractivity contribution in [1.29, 1.82) is 0 Å². The van der Waals surface area contributed by atoms with Crippen molar-refractivity contribution in [3.8, 4) is 34.9 Å². The molecule has 0 bridgehead atoms. The number of aliphatic hydroxyl groups excluding tert-OH is 3. The first kappa shape index (κ1) is 87.0. The zero-order chi connectivity index (χ0) is 84.2. The molecule has 3 aromatic heterocycles. The van der Waals surface area contributed by atoms with Crippen molar-refractivity contribution in [1.82, 2.24) is 30.1 Å². The normalized spacial score (nSPS) is 29.0. The molecule has 2 amide bonds. The molecule has 119 heavy (non-hydrogen) atoms. The Morgan fingerprint density at radius 3 is 0.933 bits per heavy atom. The van der Waals surface area contributed by atoms with Crippen LogP contribution < -0.4 is 33.7 Å². The topological polar surface area (TPSA) is 305 Å². The number of fused-ring (bicyclic) bond motifs is 9. The maximum atomic E-state index is 14.0. The van der Waals surface area contributed by atoms with E-state index in [1.165, 1.54) is 49.3 Å². The molecule has 34 heteroatoms. The zero-order valence-electron chi connectivity index (χ0n) is 62.3. The SMILES string of the molecule is C.COc1nc(Cl)cc2c1[C@]1(O)[C@H](O)[C@H](C(=O)N3CC(C(F)F)C3)[C@@H](c3ccccc3)[C@]1(c1ccc(Br)cc1)O2.COc1nc(Cl)cc2c1[C@]1(O)[C@H](O)[C@H](C(=O)N3CC(C(F)F)C3)[C@@H](c3ccccc3)[C@]1(c1ccc(Br)cc1)O2.COc1nc(Cl)cc2c1[C@]1(O)[C@H](O)[C@H](C(=O)O)[C@@H](c3ccccc3)[C@]1(c1ccc(Br)cc1)O2.FC(F)C1CNC1. The number of carbonyl (C=O) groups is 3. The molecule has 6 aliphatic heterocycles. The van der Waals surface area contributed by atoms with Gasteiger partial charge in [-0.3, -0.25) is 14.4 Å². The van der Waals surface area contributed by atoms with Crippen LogP contribution in [0.4, 0.5) is 26.3 Å². The molecule has 6 fully saturated rings. The number of ether oxygens (including phenoxy) is 6. The third-order valence-corrected chi connectivity index (χ3v) is 26.3. The summed E-state index contributed by atoms with van der Waals surface area (Å²) in [5.41, 5.74) is -8.36. The number of amides is 2. The van der Waals surface area contributed by atoms with Gasteiger partial charge in [-0.05, 0) is 69.8 Å². The summed E-state index contributed by atoms with van der Waals surface area (Å²) in [5, 5.41) is 86.6. The molecule has 9 heterocycles. The summed E-state index contributed by atoms with van der Waals surface area (Å²) in [4.78, 5) is 55.7. The number of alkyl halides is 6. The predicted molar refractivity (Wildman–Crippen MR) is 433 cm³/mol. The van der Waals surface area contributed by atoms with Crippen molar-refractivity contribution < 1.29 is 105 Å². The number of methoxy groups -OCH3 is 3. The maximum absolute atomic E-state index is 14.0. The molecule has 9 aliphatic rings. The number of benzene rings is 6. The van der Waals surface area contributed by atoms with E-state index in [0.717, 1.165) is 13.4 Å². The molecule has 18 rings (SSSR count). The number of likely N-dealkylation sites (tertiary alicyclic amines) is 2. The van der Waals surface area contributed by atoms with Crippen LogP contribution in [-0.4, -0.2) is 176 Å². The van der Waals surface area contributed by atoms with Crippen molar-refractivity contribution in [2.45, 2.75) is 96.4 Å². The molecule has 3 saturated carbocycles. The van der Waals surface area contributed by atoms with E-state index in [1.54, 1.807) is 152 Å². The number of carbonyl (C=O) groups excluding carboxylic acids is 2. The summed E-state index contributed by atoms with van der Waals surface area (Å²) in [6.45, 7) is 0.451. The van der Waals surface area contributed by atoms with Crippen LogP contribution in [0.15, 0.2) is 195 Å². The van der Waals surface area contributed by atoms with Gasteiger partial charge in [-0.25, -0.2) is 41.3 Å². The minimum atomic E-state index is -2.56. The van der Waals surface area contributed by atoms with Crippen LogP contribution in [0.25, 0.3) is 0 Å². The van der Waals surface area contributed by atoms with E-state index in [0.29, 0.717) is 46.5 Å². The molecule has 22 nitrogen and oxygen atoms in total. The molecule has 8 N–H and O–H groups in total. The van der Waals surface area contributed by atoms with Crippen molar-refractivity contribution in [2.24, 2.45) is 35.5 Å². The summed E-state index contributed by atoms with van der Waals surface area (Å²) >= 11 is 29.0. The van der Waals surface area contributed by atoms with E-state index >= 15 is 0 Å². The molecular weight excluding hydrogens is 1820 g/mol. The predicted octanol–water partition coefficient (Wildman–Crippen LogP) is 13.9. The first-order chi connectivity index (χ1) is 56.3. The van der Waals surface area contributed by atoms with Gasteiger partial charge in [-0.2, -0.15) is 0 Å². The minimum Gasteiger partial charge on any atom is -0.481 e. The highest BCUT2D eigenvalue weighted by atomic mass is 79.9. The molecular formula is C85H78Br3Cl3F6N6O16. The largest absolute Gasteiger partial charge is 0.481 e. The lowest BCUT2D eigenvalue weighted by atomic mass is 9.70. The van der Waals surface area contributed by atoms with Gasteiger partial charge in [0, 0.05) is 94.6 Å². The quantitative estimate of drug-likeness (QED) is 0.0349. The fraction of sp³-hybridized carbons (Fsp3) is 0.365. The second-order valence-electron chi connectivity index (χ2n) is 30.2. The van der Waals surface area contributed by atoms with Crippen molar-refractivity contribution in [2.75, 3.05) is 60.6 Å². The van der Waals surface area contributed by atoms with Crippen molar-refractivity contribution in [3.05, 3.63) is 261 Å². The average Bonchev–Trinajstić information content (AvgIpc) is 1.50. The summed E-state index contributed by atoms with van der Waals surface area (Å²) in [7, 11) is 4.06. The maximum Gasteiger partial charge on any atom is 0.310 e. The molecule has 0 spiro atoms. The van der Waals surface area contributed by atoms with Crippen molar-refractivity contribution >= 4 is 100 Å². The number of rotatable bonds is 15. The van der Waals surface area contributed by atoms with Crippen LogP contribution in [0.3, 0.4) is 0 Å². The van der Waals surface area contributed by atoms with Crippen LogP contribution in [0, 0.1) is 35.5 Å². The smallest absolute Gasteiger partial charge is 0.310 e. The van der Waals surface area contributed by atoms with Crippen LogP contribution in [0.5, 0.6) is 34.9 Å². The molecule has 0 unspecified atom stereocenters. The second-order valence-corrected chi connectivity index (χ2v) is 34.1. The Morgan fingerprint density at radius 2 is 0.706 bits per heavy atom. The summed E-state index contributed by atoms with van der Waals surface area (Å²) in [6, 6.07) is 52.1. The van der Waals surface area contributed by atoms with Crippen LogP contribution >= 0.6 is 82.6 Å². The lowest BCUT2D eigenvalue weighted by molar-refractivity contribution is -0.161. The highest BCUT2D eigenvalue weighted by molar-refractivity contribution is 9.11. The van der Waals surface area contributed by atoms with Gasteiger partial charge in [-0.15, -0.1) is 0 Å². The third-order valence-electron chi connectivity index (χ3n) is 24.2. The summed E-state index contributed by atoms with van der Waals surface area (Å²) in [6.07, 6.45) is -12.4. The third kappa shape index (κ3) is 13.8. The number of carboxylic acid groups (broad SMARTS) is 1. The molecule has 3 aliphatic carbocycles. The zero-order valence-corrected chi connectivity index (χ0v) is 69.3. The molecule has 3 saturated heterocycles. The standard InChI is InChI=1S/2C28H24BrClF2N2O5.C24H19BrClNO6.C4H7F2N.CH4/c2*1-38-25-22-18(11-19(30)33-25)39-28(16-7-9-17(29)10-8-16)21(14-5-3-2-4-6-14)20(23(35)27(22,28)37)26(36)34-12-15(13-34)24(31)32;1-32-21-19-15(11-16(26)27-21)33-24(13-7-9-14(25)10-8-13)18(12-5-3-2-4-6-12)17(22(29)30)20(28)23(19,24)31;5-4(6)3-1-7-2-3;/h2*2-11,15,20-21,23-24,35,37H,12-13H2,1H3;2-11,17-18,20,28,31H,1H3,(H,29,30);3-4,7H,1-2H2;1H4/t2*20-,21-,23-,27+,28+;17-,18-,20-,23+,24+;;/m111../s1. The number of halogens is 12. The Labute approximate surface area is 718 Å². The Kier molecular flexibility index (Phi) is 24.4. The fourth-order valence-corrected chi connectivity index (χ4v) is 20.1. The van der Waals surface area contributed by atoms with Gasteiger partial charge >= 0.3 is 5.97 Å². The number of hydrogen-bond acceptors (Lipinski definition) is 19. The first-order valence-electron chi connectivity index (χ1n) is 37.1. The molecule has 6 aromatic carbocycles. The van der Waals surface area contributed by atoms with Gasteiger partial charge < -0.3 is 79.3 Å². The lowest BCUT2D eigenvalue weighted by Gasteiger charge is -2.42. The minimum absolute atomic E-state index is 0.